The molecule has 2 N–H and O–H groups in total. The third-order valence-electron chi connectivity index (χ3n) is 2.99. The van der Waals surface area contributed by atoms with Crippen molar-refractivity contribution in [1.29, 1.82) is 0 Å². The van der Waals surface area contributed by atoms with E-state index in [1.54, 1.807) is 19.2 Å². The smallest absolute Gasteiger partial charge is 0.120 e. The van der Waals surface area contributed by atoms with Crippen LogP contribution >= 0.6 is 0 Å². The Morgan fingerprint density at radius 2 is 1.83 bits per heavy atom. The molecule has 0 saturated carbocycles. The molecule has 4 heteroatoms. The van der Waals surface area contributed by atoms with Crippen molar-refractivity contribution in [2.24, 2.45) is 0 Å². The van der Waals surface area contributed by atoms with Crippen molar-refractivity contribution in [2.45, 2.75) is 20.4 Å². The van der Waals surface area contributed by atoms with Crippen LogP contribution in [-0.2, 0) is 6.54 Å². The molecule has 0 aliphatic heterocycles. The fourth-order valence-corrected chi connectivity index (χ4v) is 1.91. The van der Waals surface area contributed by atoms with Crippen LogP contribution < -0.4 is 10.2 Å². The summed E-state index contributed by atoms with van der Waals surface area (Å²) < 4.78 is 7.15. The number of hydrogen-bond acceptors (Lipinski definition) is 3. The number of hydrogen-bond donors (Lipinski definition) is 2. The standard InChI is InChI=1S/C14H18N2O2/c1-10-4-5-11(2)16(10)15-9-12-8-13(18-3)6-7-14(12)17/h4-8,15,17H,9H2,1-3H3. The first-order valence-corrected chi connectivity index (χ1v) is 5.86. The van der Waals surface area contributed by atoms with Gasteiger partial charge in [-0.2, -0.15) is 0 Å². The van der Waals surface area contributed by atoms with Gasteiger partial charge in [0.1, 0.15) is 11.5 Å². The molecule has 0 atom stereocenters. The van der Waals surface area contributed by atoms with Crippen molar-refractivity contribution >= 4 is 0 Å². The number of nitrogens with zero attached hydrogens (tertiary/aromatic N) is 1. The van der Waals surface area contributed by atoms with Gasteiger partial charge in [-0.25, -0.2) is 0 Å². The SMILES string of the molecule is COc1ccc(O)c(CNn2c(C)ccc2C)c1. The number of phenols is 1. The van der Waals surface area contributed by atoms with Crippen LogP contribution in [-0.4, -0.2) is 16.9 Å². The lowest BCUT2D eigenvalue weighted by atomic mass is 10.2. The molecule has 0 radical (unpaired) electrons. The highest BCUT2D eigenvalue weighted by Crippen LogP contribution is 2.23. The minimum atomic E-state index is 0.269. The first-order chi connectivity index (χ1) is 8.61. The number of aromatic nitrogens is 1. The number of nitrogens with one attached hydrogen (secondary N) is 1. The first-order valence-electron chi connectivity index (χ1n) is 5.86. The van der Waals surface area contributed by atoms with Crippen molar-refractivity contribution in [2.75, 3.05) is 12.5 Å². The topological polar surface area (TPSA) is 46.4 Å². The van der Waals surface area contributed by atoms with Crippen molar-refractivity contribution < 1.29 is 9.84 Å². The van der Waals surface area contributed by atoms with Crippen molar-refractivity contribution in [3.8, 4) is 11.5 Å². The molecule has 0 fully saturated rings. The molecule has 2 rings (SSSR count). The van der Waals surface area contributed by atoms with Gasteiger partial charge in [0.25, 0.3) is 0 Å². The zero-order valence-electron chi connectivity index (χ0n) is 10.9. The van der Waals surface area contributed by atoms with E-state index in [0.717, 1.165) is 22.7 Å². The van der Waals surface area contributed by atoms with Crippen LogP contribution in [0.1, 0.15) is 17.0 Å². The van der Waals surface area contributed by atoms with Crippen LogP contribution in [0.4, 0.5) is 0 Å². The van der Waals surface area contributed by atoms with E-state index in [2.05, 4.69) is 5.43 Å². The van der Waals surface area contributed by atoms with E-state index < -0.39 is 0 Å². The molecule has 0 aliphatic carbocycles. The minimum absolute atomic E-state index is 0.269. The van der Waals surface area contributed by atoms with Crippen LogP contribution in [0.15, 0.2) is 30.3 Å². The molecule has 4 nitrogen and oxygen atoms in total. The molecule has 0 amide bonds. The average molecular weight is 246 g/mol. The maximum atomic E-state index is 9.79. The van der Waals surface area contributed by atoms with Crippen LogP contribution in [0.25, 0.3) is 0 Å². The van der Waals surface area contributed by atoms with E-state index in [-0.39, 0.29) is 5.75 Å². The fourth-order valence-electron chi connectivity index (χ4n) is 1.91. The molecule has 0 saturated heterocycles. The molecule has 96 valence electrons. The number of ether oxygens (including phenoxy) is 1. The second-order valence-electron chi connectivity index (χ2n) is 4.28. The zero-order valence-corrected chi connectivity index (χ0v) is 10.9. The van der Waals surface area contributed by atoms with Crippen LogP contribution in [0.5, 0.6) is 11.5 Å². The Kier molecular flexibility index (Phi) is 3.46. The Morgan fingerprint density at radius 3 is 2.44 bits per heavy atom. The summed E-state index contributed by atoms with van der Waals surface area (Å²) in [5.74, 6) is 1.01. The summed E-state index contributed by atoms with van der Waals surface area (Å²) in [6, 6.07) is 9.31. The van der Waals surface area contributed by atoms with Gasteiger partial charge in [-0.05, 0) is 44.2 Å². The number of methoxy groups -OCH3 is 1. The molecule has 0 unspecified atom stereocenters. The van der Waals surface area contributed by atoms with E-state index in [1.807, 2.05) is 36.7 Å². The van der Waals surface area contributed by atoms with Crippen LogP contribution in [0, 0.1) is 13.8 Å². The minimum Gasteiger partial charge on any atom is -0.508 e. The summed E-state index contributed by atoms with van der Waals surface area (Å²) in [5, 5.41) is 9.79. The van der Waals surface area contributed by atoms with E-state index in [0.29, 0.717) is 6.54 Å². The zero-order chi connectivity index (χ0) is 13.1. The fraction of sp³-hybridized carbons (Fsp3) is 0.286. The van der Waals surface area contributed by atoms with Gasteiger partial charge in [-0.3, -0.25) is 4.68 Å². The van der Waals surface area contributed by atoms with E-state index in [4.69, 9.17) is 4.74 Å². The van der Waals surface area contributed by atoms with Gasteiger partial charge in [0.05, 0.1) is 13.7 Å². The van der Waals surface area contributed by atoms with Crippen molar-refractivity contribution in [3.63, 3.8) is 0 Å². The summed E-state index contributed by atoms with van der Waals surface area (Å²) in [6.07, 6.45) is 0. The van der Waals surface area contributed by atoms with Crippen molar-refractivity contribution in [1.82, 2.24) is 4.68 Å². The number of aryl methyl sites for hydroxylation is 2. The highest BCUT2D eigenvalue weighted by atomic mass is 16.5. The van der Waals surface area contributed by atoms with Gasteiger partial charge in [-0.1, -0.05) is 0 Å². The van der Waals surface area contributed by atoms with Gasteiger partial charge >= 0.3 is 0 Å². The van der Waals surface area contributed by atoms with Gasteiger partial charge in [0.2, 0.25) is 0 Å². The molecular weight excluding hydrogens is 228 g/mol. The lowest BCUT2D eigenvalue weighted by Gasteiger charge is -2.14. The number of aromatic hydroxyl groups is 1. The average Bonchev–Trinajstić information content (AvgIpc) is 2.68. The summed E-state index contributed by atoms with van der Waals surface area (Å²) in [6.45, 7) is 4.61. The Balaban J connectivity index is 2.15. The molecule has 2 aromatic rings. The molecule has 0 bridgehead atoms. The maximum absolute atomic E-state index is 9.79. The molecule has 1 heterocycles. The van der Waals surface area contributed by atoms with Crippen LogP contribution in [0.2, 0.25) is 0 Å². The summed E-state index contributed by atoms with van der Waals surface area (Å²) in [7, 11) is 1.61. The quantitative estimate of drug-likeness (QED) is 0.871. The lowest BCUT2D eigenvalue weighted by molar-refractivity contribution is 0.411. The third kappa shape index (κ3) is 2.42. The highest BCUT2D eigenvalue weighted by Gasteiger charge is 2.05. The molecule has 0 spiro atoms. The predicted octanol–water partition coefficient (Wildman–Crippen LogP) is 2.56. The van der Waals surface area contributed by atoms with Gasteiger partial charge in [-0.15, -0.1) is 0 Å². The normalized spacial score (nSPS) is 10.4. The van der Waals surface area contributed by atoms with E-state index in [1.165, 1.54) is 0 Å². The molecule has 0 aliphatic rings. The van der Waals surface area contributed by atoms with E-state index >= 15 is 0 Å². The Morgan fingerprint density at radius 1 is 1.17 bits per heavy atom. The largest absolute Gasteiger partial charge is 0.508 e. The monoisotopic (exact) mass is 246 g/mol. The summed E-state index contributed by atoms with van der Waals surface area (Å²) in [4.78, 5) is 0. The van der Waals surface area contributed by atoms with Gasteiger partial charge < -0.3 is 15.3 Å². The first kappa shape index (κ1) is 12.4. The molecule has 1 aromatic carbocycles. The molecule has 1 aromatic heterocycles. The Labute approximate surface area is 107 Å². The summed E-state index contributed by atoms with van der Waals surface area (Å²) >= 11 is 0. The molecule has 18 heavy (non-hydrogen) atoms. The second-order valence-corrected chi connectivity index (χ2v) is 4.28. The van der Waals surface area contributed by atoms with Crippen molar-refractivity contribution in [3.05, 3.63) is 47.3 Å². The molecular formula is C14H18N2O2. The van der Waals surface area contributed by atoms with Gasteiger partial charge in [0, 0.05) is 17.0 Å². The lowest BCUT2D eigenvalue weighted by Crippen LogP contribution is -2.16. The Hall–Kier alpha value is -2.10. The maximum Gasteiger partial charge on any atom is 0.120 e. The number of phenolic OH excluding ortho intramolecular Hbond substituents is 1. The predicted molar refractivity (Wildman–Crippen MR) is 71.6 cm³/mol. The second kappa shape index (κ2) is 5.04. The Bertz CT molecular complexity index is 527. The summed E-state index contributed by atoms with van der Waals surface area (Å²) in [5.41, 5.74) is 6.35. The van der Waals surface area contributed by atoms with E-state index in [9.17, 15) is 5.11 Å². The number of benzene rings is 1. The highest BCUT2D eigenvalue weighted by molar-refractivity contribution is 5.39. The number of rotatable bonds is 4. The van der Waals surface area contributed by atoms with Crippen LogP contribution in [0.3, 0.4) is 0 Å². The van der Waals surface area contributed by atoms with Gasteiger partial charge in [0.15, 0.2) is 0 Å². The third-order valence-corrected chi connectivity index (χ3v) is 2.99.